The summed E-state index contributed by atoms with van der Waals surface area (Å²) in [5, 5.41) is 3.67. The Hall–Kier alpha value is -0.770. The van der Waals surface area contributed by atoms with Crippen LogP contribution in [0.2, 0.25) is 0 Å². The highest BCUT2D eigenvalue weighted by Crippen LogP contribution is 2.25. The molecule has 0 aromatic rings. The highest BCUT2D eigenvalue weighted by Gasteiger charge is 2.34. The van der Waals surface area contributed by atoms with E-state index in [0.29, 0.717) is 12.0 Å². The van der Waals surface area contributed by atoms with E-state index in [9.17, 15) is 4.79 Å². The molecule has 0 spiro atoms. The summed E-state index contributed by atoms with van der Waals surface area (Å²) in [5.74, 6) is 0.506. The number of ether oxygens (including phenoxy) is 1. The number of carbonyl (C=O) groups is 1. The molecule has 1 amide bonds. The number of nitrogens with zero attached hydrogens (tertiary/aromatic N) is 1. The van der Waals surface area contributed by atoms with E-state index in [4.69, 9.17) is 4.74 Å². The number of hydrogen-bond donors (Lipinski definition) is 1. The summed E-state index contributed by atoms with van der Waals surface area (Å²) in [5.41, 5.74) is -0.399. The van der Waals surface area contributed by atoms with Crippen LogP contribution in [-0.2, 0) is 4.74 Å². The summed E-state index contributed by atoms with van der Waals surface area (Å²) in [6.07, 6.45) is 3.51. The molecule has 4 nitrogen and oxygen atoms in total. The van der Waals surface area contributed by atoms with Crippen LogP contribution in [0, 0.1) is 5.92 Å². The zero-order chi connectivity index (χ0) is 13.3. The van der Waals surface area contributed by atoms with Crippen LogP contribution in [0.4, 0.5) is 4.79 Å². The van der Waals surface area contributed by atoms with Crippen molar-refractivity contribution in [2.24, 2.45) is 5.92 Å². The summed E-state index contributed by atoms with van der Waals surface area (Å²) in [6.45, 7) is 9.57. The van der Waals surface area contributed by atoms with Gasteiger partial charge in [0.05, 0.1) is 0 Å². The fourth-order valence-corrected chi connectivity index (χ4v) is 2.44. The summed E-state index contributed by atoms with van der Waals surface area (Å²) in [4.78, 5) is 13.8. The molecule has 1 N–H and O–H groups in total. The Morgan fingerprint density at radius 1 is 1.28 bits per heavy atom. The lowest BCUT2D eigenvalue weighted by molar-refractivity contribution is 0.0143. The van der Waals surface area contributed by atoms with Crippen molar-refractivity contribution >= 4 is 6.09 Å². The third-order valence-electron chi connectivity index (χ3n) is 3.58. The zero-order valence-electron chi connectivity index (χ0n) is 12.0. The molecule has 0 aromatic heterocycles. The van der Waals surface area contributed by atoms with Crippen LogP contribution in [0.5, 0.6) is 0 Å². The van der Waals surface area contributed by atoms with Gasteiger partial charge in [-0.2, -0.15) is 0 Å². The summed E-state index contributed by atoms with van der Waals surface area (Å²) in [7, 11) is 0. The maximum atomic E-state index is 12.0. The second-order valence-corrected chi connectivity index (χ2v) is 6.74. The van der Waals surface area contributed by atoms with Crippen LogP contribution >= 0.6 is 0 Å². The van der Waals surface area contributed by atoms with E-state index in [-0.39, 0.29) is 6.09 Å². The number of rotatable bonds is 2. The zero-order valence-corrected chi connectivity index (χ0v) is 12.0. The molecule has 1 aliphatic carbocycles. The maximum Gasteiger partial charge on any atom is 0.410 e. The minimum absolute atomic E-state index is 0.167. The quantitative estimate of drug-likeness (QED) is 0.822. The predicted octanol–water partition coefficient (Wildman–Crippen LogP) is 2.38. The van der Waals surface area contributed by atoms with E-state index < -0.39 is 5.60 Å². The number of piperidine rings is 1. The third kappa shape index (κ3) is 3.87. The third-order valence-corrected chi connectivity index (χ3v) is 3.58. The first-order valence-electron chi connectivity index (χ1n) is 7.09. The largest absolute Gasteiger partial charge is 0.444 e. The Balaban J connectivity index is 1.81. The SMILES string of the molecule is C[C@H]1CN(C(=O)OC(C)(C)C)CC[C@H]1NC1CC1. The molecule has 104 valence electrons. The molecule has 4 heteroatoms. The van der Waals surface area contributed by atoms with Crippen molar-refractivity contribution in [3.8, 4) is 0 Å². The minimum atomic E-state index is -0.399. The first-order chi connectivity index (χ1) is 8.35. The van der Waals surface area contributed by atoms with E-state index in [2.05, 4.69) is 12.2 Å². The topological polar surface area (TPSA) is 41.6 Å². The van der Waals surface area contributed by atoms with Crippen molar-refractivity contribution in [1.29, 1.82) is 0 Å². The van der Waals surface area contributed by atoms with Gasteiger partial charge in [-0.1, -0.05) is 6.92 Å². The molecule has 0 aromatic carbocycles. The Morgan fingerprint density at radius 2 is 1.94 bits per heavy atom. The van der Waals surface area contributed by atoms with Crippen LogP contribution in [0.15, 0.2) is 0 Å². The molecule has 1 saturated carbocycles. The second kappa shape index (κ2) is 5.08. The molecule has 18 heavy (non-hydrogen) atoms. The smallest absolute Gasteiger partial charge is 0.410 e. The molecule has 0 unspecified atom stereocenters. The fourth-order valence-electron chi connectivity index (χ4n) is 2.44. The van der Waals surface area contributed by atoms with Gasteiger partial charge in [-0.25, -0.2) is 4.79 Å². The van der Waals surface area contributed by atoms with Crippen molar-refractivity contribution in [2.45, 2.75) is 64.6 Å². The van der Waals surface area contributed by atoms with E-state index >= 15 is 0 Å². The lowest BCUT2D eigenvalue weighted by Crippen LogP contribution is -2.51. The molecule has 2 aliphatic rings. The lowest BCUT2D eigenvalue weighted by atomic mass is 9.94. The van der Waals surface area contributed by atoms with Gasteiger partial charge in [0.25, 0.3) is 0 Å². The fraction of sp³-hybridized carbons (Fsp3) is 0.929. The van der Waals surface area contributed by atoms with Crippen LogP contribution in [0.1, 0.15) is 47.0 Å². The number of nitrogens with one attached hydrogen (secondary N) is 1. The molecule has 1 saturated heterocycles. The number of amides is 1. The van der Waals surface area contributed by atoms with Gasteiger partial charge in [-0.05, 0) is 46.0 Å². The van der Waals surface area contributed by atoms with Crippen LogP contribution in [0.3, 0.4) is 0 Å². The first-order valence-corrected chi connectivity index (χ1v) is 7.09. The first kappa shape index (κ1) is 13.7. The van der Waals surface area contributed by atoms with E-state index in [1.54, 1.807) is 0 Å². The molecule has 1 aliphatic heterocycles. The lowest BCUT2D eigenvalue weighted by Gasteiger charge is -2.38. The van der Waals surface area contributed by atoms with Gasteiger partial charge in [0, 0.05) is 25.2 Å². The van der Waals surface area contributed by atoms with Crippen molar-refractivity contribution in [3.05, 3.63) is 0 Å². The number of hydrogen-bond acceptors (Lipinski definition) is 3. The summed E-state index contributed by atoms with van der Waals surface area (Å²) in [6, 6.07) is 1.31. The van der Waals surface area contributed by atoms with Crippen molar-refractivity contribution < 1.29 is 9.53 Å². The highest BCUT2D eigenvalue weighted by molar-refractivity contribution is 5.68. The van der Waals surface area contributed by atoms with Gasteiger partial charge >= 0.3 is 6.09 Å². The Kier molecular flexibility index (Phi) is 3.85. The van der Waals surface area contributed by atoms with Gasteiger partial charge in [0.15, 0.2) is 0 Å². The van der Waals surface area contributed by atoms with Gasteiger partial charge in [0.1, 0.15) is 5.60 Å². The average Bonchev–Trinajstić information content (AvgIpc) is 3.02. The maximum absolute atomic E-state index is 12.0. The molecule has 0 bridgehead atoms. The molecular formula is C14H26N2O2. The van der Waals surface area contributed by atoms with Crippen molar-refractivity contribution in [1.82, 2.24) is 10.2 Å². The number of carbonyl (C=O) groups excluding carboxylic acids is 1. The normalized spacial score (nSPS) is 29.2. The van der Waals surface area contributed by atoms with E-state index in [0.717, 1.165) is 25.6 Å². The molecular weight excluding hydrogens is 228 g/mol. The molecule has 2 rings (SSSR count). The van der Waals surface area contributed by atoms with Gasteiger partial charge in [-0.3, -0.25) is 0 Å². The van der Waals surface area contributed by atoms with Crippen molar-refractivity contribution in [3.63, 3.8) is 0 Å². The highest BCUT2D eigenvalue weighted by atomic mass is 16.6. The monoisotopic (exact) mass is 254 g/mol. The van der Waals surface area contributed by atoms with Crippen LogP contribution in [0.25, 0.3) is 0 Å². The van der Waals surface area contributed by atoms with E-state index in [1.807, 2.05) is 25.7 Å². The standard InChI is InChI=1S/C14H26N2O2/c1-10-9-16(13(17)18-14(2,3)4)8-7-12(10)15-11-5-6-11/h10-12,15H,5-9H2,1-4H3/t10-,12+/m0/s1. The van der Waals surface area contributed by atoms with Gasteiger partial charge in [0.2, 0.25) is 0 Å². The molecule has 0 radical (unpaired) electrons. The van der Waals surface area contributed by atoms with Gasteiger partial charge < -0.3 is 15.0 Å². The minimum Gasteiger partial charge on any atom is -0.444 e. The Labute approximate surface area is 110 Å². The summed E-state index contributed by atoms with van der Waals surface area (Å²) < 4.78 is 5.42. The van der Waals surface area contributed by atoms with Crippen LogP contribution < -0.4 is 5.32 Å². The Morgan fingerprint density at radius 3 is 2.44 bits per heavy atom. The second-order valence-electron chi connectivity index (χ2n) is 6.74. The number of likely N-dealkylation sites (tertiary alicyclic amines) is 1. The van der Waals surface area contributed by atoms with Crippen LogP contribution in [-0.4, -0.2) is 41.8 Å². The van der Waals surface area contributed by atoms with Gasteiger partial charge in [-0.15, -0.1) is 0 Å². The van der Waals surface area contributed by atoms with Crippen molar-refractivity contribution in [2.75, 3.05) is 13.1 Å². The Bertz CT molecular complexity index is 307. The molecule has 2 fully saturated rings. The summed E-state index contributed by atoms with van der Waals surface area (Å²) >= 11 is 0. The molecule has 1 heterocycles. The van der Waals surface area contributed by atoms with E-state index in [1.165, 1.54) is 12.8 Å². The average molecular weight is 254 g/mol. The molecule has 2 atom stereocenters. The predicted molar refractivity (Wildman–Crippen MR) is 71.5 cm³/mol.